The Morgan fingerprint density at radius 1 is 1.41 bits per heavy atom. The lowest BCUT2D eigenvalue weighted by atomic mass is 9.93. The summed E-state index contributed by atoms with van der Waals surface area (Å²) in [7, 11) is 0. The Balaban J connectivity index is 1.70. The maximum atomic E-state index is 11.6. The predicted octanol–water partition coefficient (Wildman–Crippen LogP) is 0.590. The standard InChI is InChI=1S/C11H17N5O/c17-10(15-11-13-7-8-14-16-11)2-1-9-3-5-12-6-4-9/h7-9,12H,1-6H2,(H,13,15,16,17). The molecule has 2 heterocycles. The van der Waals surface area contributed by atoms with Gasteiger partial charge in [0.2, 0.25) is 11.9 Å². The van der Waals surface area contributed by atoms with E-state index in [1.165, 1.54) is 12.4 Å². The highest BCUT2D eigenvalue weighted by atomic mass is 16.1. The number of rotatable bonds is 4. The van der Waals surface area contributed by atoms with Crippen LogP contribution in [0.15, 0.2) is 12.4 Å². The van der Waals surface area contributed by atoms with Gasteiger partial charge in [0.05, 0.1) is 12.4 Å². The number of aromatic nitrogens is 3. The van der Waals surface area contributed by atoms with Crippen molar-refractivity contribution in [1.82, 2.24) is 20.5 Å². The molecular weight excluding hydrogens is 218 g/mol. The third-order valence-electron chi connectivity index (χ3n) is 2.97. The summed E-state index contributed by atoms with van der Waals surface area (Å²) in [5, 5.41) is 13.3. The highest BCUT2D eigenvalue weighted by Crippen LogP contribution is 2.17. The zero-order valence-electron chi connectivity index (χ0n) is 9.72. The summed E-state index contributed by atoms with van der Waals surface area (Å²) < 4.78 is 0. The van der Waals surface area contributed by atoms with Gasteiger partial charge in [0.25, 0.3) is 0 Å². The molecule has 0 radical (unpaired) electrons. The zero-order valence-corrected chi connectivity index (χ0v) is 9.72. The molecule has 1 amide bonds. The first kappa shape index (κ1) is 11.9. The molecule has 92 valence electrons. The Bertz CT molecular complexity index is 350. The van der Waals surface area contributed by atoms with Gasteiger partial charge in [-0.2, -0.15) is 5.10 Å². The summed E-state index contributed by atoms with van der Waals surface area (Å²) >= 11 is 0. The molecule has 0 aromatic carbocycles. The van der Waals surface area contributed by atoms with Gasteiger partial charge in [0, 0.05) is 6.42 Å². The second-order valence-electron chi connectivity index (χ2n) is 4.25. The van der Waals surface area contributed by atoms with Gasteiger partial charge in [0.1, 0.15) is 0 Å². The first-order chi connectivity index (χ1) is 8.34. The molecule has 1 fully saturated rings. The number of hydrogen-bond donors (Lipinski definition) is 2. The van der Waals surface area contributed by atoms with Crippen molar-refractivity contribution in [3.8, 4) is 0 Å². The molecule has 1 aromatic heterocycles. The molecule has 0 saturated carbocycles. The molecule has 1 saturated heterocycles. The molecule has 1 aromatic rings. The van der Waals surface area contributed by atoms with Crippen LogP contribution in [0.25, 0.3) is 0 Å². The van der Waals surface area contributed by atoms with Crippen LogP contribution in [-0.2, 0) is 4.79 Å². The Morgan fingerprint density at radius 2 is 2.24 bits per heavy atom. The minimum atomic E-state index is -0.0310. The molecule has 17 heavy (non-hydrogen) atoms. The van der Waals surface area contributed by atoms with Gasteiger partial charge in [-0.15, -0.1) is 5.10 Å². The van der Waals surface area contributed by atoms with Crippen LogP contribution in [0, 0.1) is 5.92 Å². The largest absolute Gasteiger partial charge is 0.317 e. The number of hydrogen-bond acceptors (Lipinski definition) is 5. The van der Waals surface area contributed by atoms with Crippen LogP contribution in [0.1, 0.15) is 25.7 Å². The molecule has 0 bridgehead atoms. The minimum Gasteiger partial charge on any atom is -0.317 e. The second-order valence-corrected chi connectivity index (χ2v) is 4.25. The van der Waals surface area contributed by atoms with E-state index in [-0.39, 0.29) is 11.9 Å². The Labute approximate surface area is 100 Å². The third kappa shape index (κ3) is 4.07. The zero-order chi connectivity index (χ0) is 11.9. The molecule has 6 nitrogen and oxygen atoms in total. The smallest absolute Gasteiger partial charge is 0.249 e. The summed E-state index contributed by atoms with van der Waals surface area (Å²) in [5.74, 6) is 0.913. The van der Waals surface area contributed by atoms with Crippen LogP contribution in [0.4, 0.5) is 5.95 Å². The van der Waals surface area contributed by atoms with Gasteiger partial charge in [-0.3, -0.25) is 10.1 Å². The molecular formula is C11H17N5O. The van der Waals surface area contributed by atoms with E-state index in [0.29, 0.717) is 12.3 Å². The minimum absolute atomic E-state index is 0.0310. The quantitative estimate of drug-likeness (QED) is 0.798. The highest BCUT2D eigenvalue weighted by Gasteiger charge is 2.14. The number of carbonyl (C=O) groups excluding carboxylic acids is 1. The summed E-state index contributed by atoms with van der Waals surface area (Å²) in [6.07, 6.45) is 6.78. The lowest BCUT2D eigenvalue weighted by molar-refractivity contribution is -0.116. The fourth-order valence-electron chi connectivity index (χ4n) is 2.00. The van der Waals surface area contributed by atoms with E-state index in [1.807, 2.05) is 0 Å². The van der Waals surface area contributed by atoms with Crippen LogP contribution in [0.5, 0.6) is 0 Å². The van der Waals surface area contributed by atoms with E-state index < -0.39 is 0 Å². The lowest BCUT2D eigenvalue weighted by Gasteiger charge is -2.21. The van der Waals surface area contributed by atoms with Gasteiger partial charge in [-0.1, -0.05) is 0 Å². The number of nitrogens with zero attached hydrogens (tertiary/aromatic N) is 3. The number of anilines is 1. The number of amides is 1. The van der Waals surface area contributed by atoms with Gasteiger partial charge < -0.3 is 5.32 Å². The van der Waals surface area contributed by atoms with E-state index in [4.69, 9.17) is 0 Å². The fourth-order valence-corrected chi connectivity index (χ4v) is 2.00. The maximum Gasteiger partial charge on any atom is 0.249 e. The summed E-state index contributed by atoms with van der Waals surface area (Å²) in [6.45, 7) is 2.13. The van der Waals surface area contributed by atoms with Crippen molar-refractivity contribution in [1.29, 1.82) is 0 Å². The molecule has 0 spiro atoms. The van der Waals surface area contributed by atoms with Crippen molar-refractivity contribution in [2.75, 3.05) is 18.4 Å². The van der Waals surface area contributed by atoms with E-state index in [0.717, 1.165) is 32.4 Å². The van der Waals surface area contributed by atoms with Gasteiger partial charge in [0.15, 0.2) is 0 Å². The van der Waals surface area contributed by atoms with Gasteiger partial charge in [-0.05, 0) is 38.3 Å². The van der Waals surface area contributed by atoms with Crippen molar-refractivity contribution in [2.24, 2.45) is 5.92 Å². The van der Waals surface area contributed by atoms with Crippen LogP contribution >= 0.6 is 0 Å². The number of carbonyl (C=O) groups is 1. The molecule has 1 aliphatic heterocycles. The van der Waals surface area contributed by atoms with Crippen molar-refractivity contribution in [3.05, 3.63) is 12.4 Å². The van der Waals surface area contributed by atoms with Crippen molar-refractivity contribution in [2.45, 2.75) is 25.7 Å². The Kier molecular flexibility index (Phi) is 4.37. The average Bonchev–Trinajstić information content (AvgIpc) is 2.39. The average molecular weight is 235 g/mol. The van der Waals surface area contributed by atoms with Crippen LogP contribution in [-0.4, -0.2) is 34.2 Å². The van der Waals surface area contributed by atoms with Gasteiger partial charge >= 0.3 is 0 Å². The van der Waals surface area contributed by atoms with Crippen molar-refractivity contribution >= 4 is 11.9 Å². The maximum absolute atomic E-state index is 11.6. The van der Waals surface area contributed by atoms with E-state index >= 15 is 0 Å². The molecule has 1 aliphatic rings. The second kappa shape index (κ2) is 6.24. The molecule has 0 aliphatic carbocycles. The van der Waals surface area contributed by atoms with E-state index in [9.17, 15) is 4.79 Å². The van der Waals surface area contributed by atoms with Crippen LogP contribution in [0.3, 0.4) is 0 Å². The van der Waals surface area contributed by atoms with Crippen LogP contribution in [0.2, 0.25) is 0 Å². The van der Waals surface area contributed by atoms with E-state index in [2.05, 4.69) is 25.8 Å². The summed E-state index contributed by atoms with van der Waals surface area (Å²) in [6, 6.07) is 0. The first-order valence-corrected chi connectivity index (χ1v) is 5.99. The fraction of sp³-hybridized carbons (Fsp3) is 0.636. The van der Waals surface area contributed by atoms with Gasteiger partial charge in [-0.25, -0.2) is 4.98 Å². The third-order valence-corrected chi connectivity index (χ3v) is 2.97. The number of piperidine rings is 1. The van der Waals surface area contributed by atoms with Crippen molar-refractivity contribution in [3.63, 3.8) is 0 Å². The highest BCUT2D eigenvalue weighted by molar-refractivity contribution is 5.88. The Morgan fingerprint density at radius 3 is 2.94 bits per heavy atom. The van der Waals surface area contributed by atoms with Crippen LogP contribution < -0.4 is 10.6 Å². The summed E-state index contributed by atoms with van der Waals surface area (Å²) in [5.41, 5.74) is 0. The lowest BCUT2D eigenvalue weighted by Crippen LogP contribution is -2.28. The van der Waals surface area contributed by atoms with Crippen molar-refractivity contribution < 1.29 is 4.79 Å². The first-order valence-electron chi connectivity index (χ1n) is 5.99. The number of nitrogens with one attached hydrogen (secondary N) is 2. The van der Waals surface area contributed by atoms with E-state index in [1.54, 1.807) is 0 Å². The molecule has 0 unspecified atom stereocenters. The molecule has 0 atom stereocenters. The SMILES string of the molecule is O=C(CCC1CCNCC1)Nc1nccnn1. The topological polar surface area (TPSA) is 79.8 Å². The monoisotopic (exact) mass is 235 g/mol. The normalized spacial score (nSPS) is 16.7. The molecule has 2 N–H and O–H groups in total. The molecule has 2 rings (SSSR count). The molecule has 6 heteroatoms. The summed E-state index contributed by atoms with van der Waals surface area (Å²) in [4.78, 5) is 15.5. The predicted molar refractivity (Wildman–Crippen MR) is 63.3 cm³/mol. The Hall–Kier alpha value is -1.56.